The van der Waals surface area contributed by atoms with Gasteiger partial charge in [-0.25, -0.2) is 0 Å². The number of hydrogen-bond donors (Lipinski definition) is 2. The maximum Gasteiger partial charge on any atom is 0.239 e. The zero-order chi connectivity index (χ0) is 14.0. The van der Waals surface area contributed by atoms with Crippen LogP contribution in [0, 0.1) is 12.8 Å². The van der Waals surface area contributed by atoms with E-state index in [1.807, 2.05) is 14.1 Å². The molecule has 1 unspecified atom stereocenters. The maximum absolute atomic E-state index is 11.9. The number of amides is 1. The van der Waals surface area contributed by atoms with Crippen molar-refractivity contribution in [1.82, 2.24) is 5.32 Å². The number of primary amides is 1. The zero-order valence-electron chi connectivity index (χ0n) is 11.9. The number of hydrogen-bond acceptors (Lipinski definition) is 3. The fourth-order valence-electron chi connectivity index (χ4n) is 2.66. The lowest BCUT2D eigenvalue weighted by molar-refractivity contribution is -0.124. The van der Waals surface area contributed by atoms with Gasteiger partial charge in [-0.2, -0.15) is 0 Å². The number of likely N-dealkylation sites (N-methyl/N-ethyl adjacent to an activating group) is 2. The van der Waals surface area contributed by atoms with Crippen LogP contribution in [0.2, 0.25) is 0 Å². The van der Waals surface area contributed by atoms with Crippen LogP contribution in [0.25, 0.3) is 0 Å². The molecule has 1 aliphatic rings. The smallest absolute Gasteiger partial charge is 0.239 e. The van der Waals surface area contributed by atoms with E-state index in [-0.39, 0.29) is 5.91 Å². The summed E-state index contributed by atoms with van der Waals surface area (Å²) in [7, 11) is 3.83. The van der Waals surface area contributed by atoms with Gasteiger partial charge in [0.1, 0.15) is 5.54 Å². The molecule has 4 nitrogen and oxygen atoms in total. The molecule has 3 N–H and O–H groups in total. The summed E-state index contributed by atoms with van der Waals surface area (Å²) in [5.41, 5.74) is 7.37. The summed E-state index contributed by atoms with van der Waals surface area (Å²) in [4.78, 5) is 14.0. The summed E-state index contributed by atoms with van der Waals surface area (Å²) in [5.74, 6) is 0.111. The third-order valence-corrected chi connectivity index (χ3v) is 4.12. The number of carbonyl (C=O) groups is 1. The third-order valence-electron chi connectivity index (χ3n) is 4.12. The number of aryl methyl sites for hydroxylation is 1. The Balaban J connectivity index is 2.17. The quantitative estimate of drug-likeness (QED) is 0.811. The molecule has 1 aliphatic carbocycles. The lowest BCUT2D eigenvalue weighted by Gasteiger charge is -2.35. The van der Waals surface area contributed by atoms with Crippen molar-refractivity contribution >= 4 is 11.6 Å². The standard InChI is InChI=1S/C15H23N3O/c1-11-4-8-13(9-5-11)18(3)10-15(17-2,14(16)19)12-6-7-12/h4-5,8-9,12,17H,6-7,10H2,1-3H3,(H2,16,19). The van der Waals surface area contributed by atoms with Crippen LogP contribution in [0.1, 0.15) is 18.4 Å². The molecule has 1 fully saturated rings. The molecule has 0 heterocycles. The highest BCUT2D eigenvalue weighted by atomic mass is 16.1. The minimum Gasteiger partial charge on any atom is -0.372 e. The van der Waals surface area contributed by atoms with Crippen LogP contribution in [0.4, 0.5) is 5.69 Å². The summed E-state index contributed by atoms with van der Waals surface area (Å²) >= 11 is 0. The van der Waals surface area contributed by atoms with Gasteiger partial charge in [0.15, 0.2) is 0 Å². The lowest BCUT2D eigenvalue weighted by Crippen LogP contribution is -2.61. The summed E-state index contributed by atoms with van der Waals surface area (Å²) in [6, 6.07) is 8.30. The molecular formula is C15H23N3O. The highest BCUT2D eigenvalue weighted by Crippen LogP contribution is 2.40. The topological polar surface area (TPSA) is 58.4 Å². The van der Waals surface area contributed by atoms with Gasteiger partial charge >= 0.3 is 0 Å². The molecule has 1 saturated carbocycles. The molecule has 19 heavy (non-hydrogen) atoms. The fraction of sp³-hybridized carbons (Fsp3) is 0.533. The Labute approximate surface area is 115 Å². The van der Waals surface area contributed by atoms with E-state index in [0.717, 1.165) is 18.5 Å². The minimum atomic E-state index is -0.611. The van der Waals surface area contributed by atoms with Gasteiger partial charge in [-0.1, -0.05) is 17.7 Å². The summed E-state index contributed by atoms with van der Waals surface area (Å²) in [6.45, 7) is 2.67. The highest BCUT2D eigenvalue weighted by Gasteiger charge is 2.49. The Hall–Kier alpha value is -1.55. The molecule has 2 rings (SSSR count). The normalized spacial score (nSPS) is 17.8. The second-order valence-electron chi connectivity index (χ2n) is 5.55. The van der Waals surface area contributed by atoms with E-state index in [2.05, 4.69) is 41.4 Å². The first kappa shape index (κ1) is 13.9. The molecule has 0 saturated heterocycles. The third kappa shape index (κ3) is 2.73. The Bertz CT molecular complexity index is 453. The van der Waals surface area contributed by atoms with Crippen LogP contribution >= 0.6 is 0 Å². The van der Waals surface area contributed by atoms with Crippen molar-refractivity contribution in [1.29, 1.82) is 0 Å². The van der Waals surface area contributed by atoms with E-state index >= 15 is 0 Å². The summed E-state index contributed by atoms with van der Waals surface area (Å²) in [5, 5.41) is 3.17. The predicted octanol–water partition coefficient (Wildman–Crippen LogP) is 1.28. The number of carbonyl (C=O) groups excluding carboxylic acids is 1. The number of benzene rings is 1. The van der Waals surface area contributed by atoms with Crippen molar-refractivity contribution < 1.29 is 4.79 Å². The van der Waals surface area contributed by atoms with E-state index in [0.29, 0.717) is 12.5 Å². The van der Waals surface area contributed by atoms with Crippen molar-refractivity contribution in [3.05, 3.63) is 29.8 Å². The predicted molar refractivity (Wildman–Crippen MR) is 78.2 cm³/mol. The molecule has 0 aromatic heterocycles. The fourth-order valence-corrected chi connectivity index (χ4v) is 2.66. The largest absolute Gasteiger partial charge is 0.372 e. The van der Waals surface area contributed by atoms with E-state index in [4.69, 9.17) is 5.73 Å². The van der Waals surface area contributed by atoms with Gasteiger partial charge in [-0.15, -0.1) is 0 Å². The molecule has 104 valence electrons. The first-order chi connectivity index (χ1) is 8.99. The maximum atomic E-state index is 11.9. The van der Waals surface area contributed by atoms with Gasteiger partial charge in [-0.3, -0.25) is 4.79 Å². The van der Waals surface area contributed by atoms with E-state index < -0.39 is 5.54 Å². The van der Waals surface area contributed by atoms with Crippen molar-refractivity contribution in [3.63, 3.8) is 0 Å². The Morgan fingerprint density at radius 2 is 2.00 bits per heavy atom. The van der Waals surface area contributed by atoms with Gasteiger partial charge in [0.05, 0.1) is 0 Å². The Kier molecular flexibility index (Phi) is 3.80. The monoisotopic (exact) mass is 261 g/mol. The summed E-state index contributed by atoms with van der Waals surface area (Å²) in [6.07, 6.45) is 2.15. The number of nitrogens with one attached hydrogen (secondary N) is 1. The van der Waals surface area contributed by atoms with Crippen LogP contribution in [0.5, 0.6) is 0 Å². The Morgan fingerprint density at radius 1 is 1.42 bits per heavy atom. The van der Waals surface area contributed by atoms with Crippen LogP contribution in [-0.4, -0.2) is 32.1 Å². The van der Waals surface area contributed by atoms with Gasteiger partial charge < -0.3 is 16.0 Å². The molecule has 0 bridgehead atoms. The minimum absolute atomic E-state index is 0.253. The SMILES string of the molecule is CNC(CN(C)c1ccc(C)cc1)(C(N)=O)C1CC1. The molecule has 0 aliphatic heterocycles. The molecule has 1 atom stereocenters. The van der Waals surface area contributed by atoms with Gasteiger partial charge in [-0.05, 0) is 44.9 Å². The molecule has 1 amide bonds. The van der Waals surface area contributed by atoms with Crippen LogP contribution in [-0.2, 0) is 4.79 Å². The van der Waals surface area contributed by atoms with E-state index in [1.54, 1.807) is 0 Å². The van der Waals surface area contributed by atoms with Crippen LogP contribution in [0.3, 0.4) is 0 Å². The van der Waals surface area contributed by atoms with Crippen molar-refractivity contribution in [2.24, 2.45) is 11.7 Å². The lowest BCUT2D eigenvalue weighted by atomic mass is 9.91. The zero-order valence-corrected chi connectivity index (χ0v) is 11.9. The molecule has 1 aromatic carbocycles. The number of nitrogens with two attached hydrogens (primary N) is 1. The van der Waals surface area contributed by atoms with Crippen molar-refractivity contribution in [2.45, 2.75) is 25.3 Å². The van der Waals surface area contributed by atoms with E-state index in [1.165, 1.54) is 5.56 Å². The van der Waals surface area contributed by atoms with Gasteiger partial charge in [0.25, 0.3) is 0 Å². The molecular weight excluding hydrogens is 238 g/mol. The van der Waals surface area contributed by atoms with Crippen molar-refractivity contribution in [2.75, 3.05) is 25.5 Å². The number of rotatable bonds is 6. The number of anilines is 1. The van der Waals surface area contributed by atoms with Crippen LogP contribution in [0.15, 0.2) is 24.3 Å². The highest BCUT2D eigenvalue weighted by molar-refractivity contribution is 5.86. The van der Waals surface area contributed by atoms with Crippen LogP contribution < -0.4 is 16.0 Å². The second-order valence-corrected chi connectivity index (χ2v) is 5.55. The first-order valence-corrected chi connectivity index (χ1v) is 6.76. The van der Waals surface area contributed by atoms with Gasteiger partial charge in [0, 0.05) is 19.3 Å². The average Bonchev–Trinajstić information content (AvgIpc) is 3.20. The average molecular weight is 261 g/mol. The molecule has 0 radical (unpaired) electrons. The molecule has 4 heteroatoms. The Morgan fingerprint density at radius 3 is 2.42 bits per heavy atom. The second kappa shape index (κ2) is 5.21. The summed E-state index contributed by atoms with van der Waals surface area (Å²) < 4.78 is 0. The molecule has 0 spiro atoms. The first-order valence-electron chi connectivity index (χ1n) is 6.76. The van der Waals surface area contributed by atoms with Gasteiger partial charge in [0.2, 0.25) is 5.91 Å². The van der Waals surface area contributed by atoms with E-state index in [9.17, 15) is 4.79 Å². The van der Waals surface area contributed by atoms with Crippen molar-refractivity contribution in [3.8, 4) is 0 Å². The molecule has 1 aromatic rings. The number of nitrogens with zero attached hydrogens (tertiary/aromatic N) is 1.